The molecule has 2 N–H and O–H groups in total. The van der Waals surface area contributed by atoms with Crippen LogP contribution in [0.5, 0.6) is 11.5 Å². The minimum absolute atomic E-state index is 0. The van der Waals surface area contributed by atoms with Crippen LogP contribution in [0.3, 0.4) is 0 Å². The number of carbonyl (C=O) groups excluding carboxylic acids is 1. The van der Waals surface area contributed by atoms with Gasteiger partial charge in [-0.1, -0.05) is 24.3 Å². The van der Waals surface area contributed by atoms with Gasteiger partial charge in [0.25, 0.3) is 0 Å². The molecule has 1 aliphatic heterocycles. The lowest BCUT2D eigenvalue weighted by atomic mass is 9.94. The Morgan fingerprint density at radius 2 is 1.92 bits per heavy atom. The van der Waals surface area contributed by atoms with E-state index in [1.165, 1.54) is 4.31 Å². The number of amides is 1. The third-order valence-corrected chi connectivity index (χ3v) is 9.45. The normalized spacial score (nSPS) is 18.5. The van der Waals surface area contributed by atoms with Gasteiger partial charge in [0.2, 0.25) is 15.9 Å². The number of nitrogens with zero attached hydrogens (tertiary/aromatic N) is 2. The van der Waals surface area contributed by atoms with E-state index in [2.05, 4.69) is 10.3 Å². The van der Waals surface area contributed by atoms with Gasteiger partial charge < -0.3 is 19.9 Å². The number of rotatable bonds is 10. The van der Waals surface area contributed by atoms with Gasteiger partial charge in [-0.3, -0.25) is 4.79 Å². The predicted molar refractivity (Wildman–Crippen MR) is 154 cm³/mol. The van der Waals surface area contributed by atoms with Crippen LogP contribution in [0.25, 0.3) is 11.3 Å². The lowest BCUT2D eigenvalue weighted by Crippen LogP contribution is -2.37. The Balaban J connectivity index is 0.00000205. The van der Waals surface area contributed by atoms with Crippen LogP contribution >= 0.6 is 0 Å². The number of carbonyl (C=O) groups is 1. The van der Waals surface area contributed by atoms with Crippen molar-refractivity contribution in [2.45, 2.75) is 49.0 Å². The zero-order chi connectivity index (χ0) is 27.6. The molecule has 3 aromatic rings. The van der Waals surface area contributed by atoms with Crippen molar-refractivity contribution in [3.8, 4) is 22.8 Å². The highest BCUT2D eigenvalue weighted by molar-refractivity contribution is 7.89. The molecule has 0 bridgehead atoms. The molecule has 1 atom stereocenters. The van der Waals surface area contributed by atoms with Crippen LogP contribution < -0.4 is 14.8 Å². The van der Waals surface area contributed by atoms with E-state index in [1.807, 2.05) is 31.2 Å². The smallest absolute Gasteiger partial charge is 0.243 e. The molecular weight excluding hydrogens is 518 g/mol. The van der Waals surface area contributed by atoms with Gasteiger partial charge in [-0.2, -0.15) is 4.31 Å². The quantitative estimate of drug-likeness (QED) is 0.371. The van der Waals surface area contributed by atoms with Crippen molar-refractivity contribution in [1.29, 1.82) is 0 Å². The van der Waals surface area contributed by atoms with E-state index in [4.69, 9.17) is 9.47 Å². The average molecular weight is 558 g/mol. The summed E-state index contributed by atoms with van der Waals surface area (Å²) in [7, 11) is -2.11. The summed E-state index contributed by atoms with van der Waals surface area (Å²) in [5.74, 6) is 1.52. The second kappa shape index (κ2) is 11.0. The molecule has 10 heteroatoms. The van der Waals surface area contributed by atoms with E-state index in [1.54, 1.807) is 43.5 Å². The van der Waals surface area contributed by atoms with Gasteiger partial charge in [-0.15, -0.1) is 0 Å². The first-order valence-electron chi connectivity index (χ1n) is 13.2. The predicted octanol–water partition coefficient (Wildman–Crippen LogP) is 4.71. The van der Waals surface area contributed by atoms with Gasteiger partial charge in [-0.25, -0.2) is 13.4 Å². The molecule has 1 saturated carbocycles. The molecule has 39 heavy (non-hydrogen) atoms. The first kappa shape index (κ1) is 27.1. The fourth-order valence-electron chi connectivity index (χ4n) is 5.16. The van der Waals surface area contributed by atoms with Crippen molar-refractivity contribution >= 4 is 21.7 Å². The summed E-state index contributed by atoms with van der Waals surface area (Å²) in [5, 5.41) is 12.5. The monoisotopic (exact) mass is 557 g/mol. The Kier molecular flexibility index (Phi) is 7.61. The second-order valence-electron chi connectivity index (χ2n) is 9.86. The van der Waals surface area contributed by atoms with Crippen molar-refractivity contribution in [2.24, 2.45) is 0 Å². The number of methoxy groups -OCH3 is 1. The average Bonchev–Trinajstić information content (AvgIpc) is 3.62. The molecular formula is C29H39N3O6S. The second-order valence-corrected chi connectivity index (χ2v) is 11.8. The third kappa shape index (κ3) is 5.24. The highest BCUT2D eigenvalue weighted by Crippen LogP contribution is 2.50. The minimum Gasteiger partial charge on any atom is -0.493 e. The number of hydrogen-bond donors (Lipinski definition) is 2. The molecule has 1 aliphatic carbocycles. The SMILES string of the molecule is CCOc1cc(C2(C(=O)Nc3cccc(-c4ccc(S(=O)(=O)N5CCC[C@@H]5CO)cc4)n3)CC2)ccc1OC.[HH].[HH].[HH]. The zero-order valence-electron chi connectivity index (χ0n) is 22.1. The van der Waals surface area contributed by atoms with Crippen molar-refractivity contribution < 1.29 is 32.1 Å². The highest BCUT2D eigenvalue weighted by atomic mass is 32.2. The molecule has 2 aromatic carbocycles. The van der Waals surface area contributed by atoms with Gasteiger partial charge in [0.1, 0.15) is 5.82 Å². The summed E-state index contributed by atoms with van der Waals surface area (Å²) < 4.78 is 38.6. The van der Waals surface area contributed by atoms with Crippen molar-refractivity contribution in [1.82, 2.24) is 9.29 Å². The molecule has 2 heterocycles. The van der Waals surface area contributed by atoms with Crippen LogP contribution in [0.4, 0.5) is 5.82 Å². The maximum Gasteiger partial charge on any atom is 0.243 e. The fraction of sp³-hybridized carbons (Fsp3) is 0.379. The molecule has 212 valence electrons. The number of aliphatic hydroxyl groups excluding tert-OH is 1. The number of pyridine rings is 1. The molecule has 2 fully saturated rings. The highest BCUT2D eigenvalue weighted by Gasteiger charge is 2.51. The summed E-state index contributed by atoms with van der Waals surface area (Å²) in [5.41, 5.74) is 1.56. The number of ether oxygens (including phenoxy) is 2. The Bertz CT molecular complexity index is 1470. The van der Waals surface area contributed by atoms with Gasteiger partial charge in [0.15, 0.2) is 11.5 Å². The number of anilines is 1. The maximum atomic E-state index is 13.4. The summed E-state index contributed by atoms with van der Waals surface area (Å²) in [6.07, 6.45) is 2.84. The van der Waals surface area contributed by atoms with E-state index in [-0.39, 0.29) is 27.7 Å². The minimum atomic E-state index is -3.69. The number of nitrogens with one attached hydrogen (secondary N) is 1. The Morgan fingerprint density at radius 3 is 2.59 bits per heavy atom. The first-order chi connectivity index (χ1) is 18.8. The largest absolute Gasteiger partial charge is 0.493 e. The van der Waals surface area contributed by atoms with Crippen LogP contribution in [0.15, 0.2) is 65.6 Å². The number of benzene rings is 2. The lowest BCUT2D eigenvalue weighted by Gasteiger charge is -2.22. The van der Waals surface area contributed by atoms with Gasteiger partial charge in [-0.05, 0) is 74.6 Å². The maximum absolute atomic E-state index is 13.4. The van der Waals surface area contributed by atoms with Gasteiger partial charge in [0, 0.05) is 22.4 Å². The van der Waals surface area contributed by atoms with Crippen LogP contribution in [0.2, 0.25) is 0 Å². The van der Waals surface area contributed by atoms with Crippen molar-refractivity contribution in [2.75, 3.05) is 32.2 Å². The van der Waals surface area contributed by atoms with E-state index in [9.17, 15) is 18.3 Å². The van der Waals surface area contributed by atoms with Crippen LogP contribution in [-0.2, 0) is 20.2 Å². The van der Waals surface area contributed by atoms with E-state index >= 15 is 0 Å². The van der Waals surface area contributed by atoms with E-state index in [0.29, 0.717) is 42.6 Å². The molecule has 9 nitrogen and oxygen atoms in total. The number of sulfonamides is 1. The first-order valence-corrected chi connectivity index (χ1v) is 14.6. The fourth-order valence-corrected chi connectivity index (χ4v) is 6.84. The number of aromatic nitrogens is 1. The molecule has 1 amide bonds. The zero-order valence-corrected chi connectivity index (χ0v) is 22.9. The molecule has 1 aromatic heterocycles. The molecule has 2 aliphatic rings. The summed E-state index contributed by atoms with van der Waals surface area (Å²) in [6.45, 7) is 2.61. The summed E-state index contributed by atoms with van der Waals surface area (Å²) in [4.78, 5) is 18.2. The van der Waals surface area contributed by atoms with Crippen molar-refractivity contribution in [3.05, 3.63) is 66.2 Å². The Labute approximate surface area is 233 Å². The topological polar surface area (TPSA) is 118 Å². The molecule has 0 radical (unpaired) electrons. The molecule has 0 unspecified atom stereocenters. The van der Waals surface area contributed by atoms with E-state index in [0.717, 1.165) is 30.4 Å². The molecule has 0 spiro atoms. The lowest BCUT2D eigenvalue weighted by molar-refractivity contribution is -0.118. The number of aliphatic hydroxyl groups is 1. The van der Waals surface area contributed by atoms with Gasteiger partial charge >= 0.3 is 0 Å². The summed E-state index contributed by atoms with van der Waals surface area (Å²) in [6, 6.07) is 17.1. The van der Waals surface area contributed by atoms with Crippen LogP contribution in [0.1, 0.15) is 42.5 Å². The molecule has 5 rings (SSSR count). The number of hydrogen-bond acceptors (Lipinski definition) is 7. The Morgan fingerprint density at radius 1 is 1.15 bits per heavy atom. The third-order valence-electron chi connectivity index (χ3n) is 7.48. The van der Waals surface area contributed by atoms with Crippen molar-refractivity contribution in [3.63, 3.8) is 0 Å². The molecule has 1 saturated heterocycles. The standard InChI is InChI=1S/C29H33N3O6S.3H2/c1-3-38-26-18-21(11-14-25(26)37-2)29(15-16-29)28(34)31-27-8-4-7-24(30-27)20-9-12-23(13-10-20)39(35,36)32-17-5-6-22(32)19-33;;;/h4,7-14,18,22,33H,3,5-6,15-17,19H2,1-2H3,(H,30,31,34);3*1H/t22-;;;/m1.../s1. The van der Waals surface area contributed by atoms with Crippen LogP contribution in [-0.4, -0.2) is 61.6 Å². The Hall–Kier alpha value is -3.47. The van der Waals surface area contributed by atoms with Crippen LogP contribution in [0, 0.1) is 0 Å². The van der Waals surface area contributed by atoms with Gasteiger partial charge in [0.05, 0.1) is 36.3 Å². The van der Waals surface area contributed by atoms with E-state index < -0.39 is 15.4 Å². The summed E-state index contributed by atoms with van der Waals surface area (Å²) >= 11 is 0.